The van der Waals surface area contributed by atoms with Crippen LogP contribution in [0.4, 0.5) is 15.9 Å². The fourth-order valence-electron chi connectivity index (χ4n) is 3.18. The number of nitrogens with two attached hydrogens (primary N) is 1. The molecule has 7 heteroatoms. The monoisotopic (exact) mass is 380 g/mol. The van der Waals surface area contributed by atoms with Crippen LogP contribution in [0.15, 0.2) is 48.5 Å². The van der Waals surface area contributed by atoms with Crippen LogP contribution in [0.3, 0.4) is 0 Å². The van der Waals surface area contributed by atoms with E-state index in [0.717, 1.165) is 35.6 Å². The van der Waals surface area contributed by atoms with Gasteiger partial charge in [-0.1, -0.05) is 18.2 Å². The average molecular weight is 380 g/mol. The van der Waals surface area contributed by atoms with Gasteiger partial charge in [0.15, 0.2) is 5.82 Å². The Balaban J connectivity index is 1.83. The molecule has 3 N–H and O–H groups in total. The fraction of sp³-hybridized carbons (Fsp3) is 0.238. The third-order valence-electron chi connectivity index (χ3n) is 4.71. The summed E-state index contributed by atoms with van der Waals surface area (Å²) in [6.45, 7) is 2.69. The Morgan fingerprint density at radius 1 is 1.04 bits per heavy atom. The molecule has 1 saturated heterocycles. The van der Waals surface area contributed by atoms with E-state index in [1.807, 2.05) is 30.3 Å². The van der Waals surface area contributed by atoms with Crippen molar-refractivity contribution in [3.63, 3.8) is 0 Å². The Kier molecular flexibility index (Phi) is 5.18. The average Bonchev–Trinajstić information content (AvgIpc) is 2.76. The number of rotatable bonds is 4. The quantitative estimate of drug-likeness (QED) is 0.677. The van der Waals surface area contributed by atoms with Gasteiger partial charge in [0.2, 0.25) is 0 Å². The summed E-state index contributed by atoms with van der Waals surface area (Å²) in [5.41, 5.74) is 8.79. The Labute approximate surface area is 162 Å². The highest BCUT2D eigenvalue weighted by Crippen LogP contribution is 2.28. The number of benzene rings is 2. The van der Waals surface area contributed by atoms with Gasteiger partial charge in [-0.15, -0.1) is 0 Å². The predicted octanol–water partition coefficient (Wildman–Crippen LogP) is 2.86. The van der Waals surface area contributed by atoms with Crippen molar-refractivity contribution >= 4 is 11.5 Å². The van der Waals surface area contributed by atoms with Crippen molar-refractivity contribution in [2.24, 2.45) is 0 Å². The van der Waals surface area contributed by atoms with Gasteiger partial charge in [0.25, 0.3) is 0 Å². The lowest BCUT2D eigenvalue weighted by Crippen LogP contribution is -2.36. The lowest BCUT2D eigenvalue weighted by atomic mass is 10.1. The van der Waals surface area contributed by atoms with E-state index in [0.29, 0.717) is 24.7 Å². The summed E-state index contributed by atoms with van der Waals surface area (Å²) in [6.07, 6.45) is 0. The van der Waals surface area contributed by atoms with Crippen LogP contribution in [-0.2, 0) is 11.3 Å². The minimum Gasteiger partial charge on any atom is -0.396 e. The Morgan fingerprint density at radius 2 is 1.86 bits per heavy atom. The van der Waals surface area contributed by atoms with E-state index in [1.165, 1.54) is 6.07 Å². The standard InChI is InChI=1S/C21H21FN4O2/c22-17-5-4-15(11-18(17)23)19-12-20(26-6-8-28-9-7-26)25-21(24-19)16-3-1-2-14(10-16)13-27/h1-5,10-12,27H,6-9,13,23H2. The normalized spacial score (nSPS) is 14.3. The number of hydrogen-bond acceptors (Lipinski definition) is 6. The van der Waals surface area contributed by atoms with Crippen LogP contribution < -0.4 is 10.6 Å². The van der Waals surface area contributed by atoms with Gasteiger partial charge in [-0.3, -0.25) is 0 Å². The molecule has 2 heterocycles. The van der Waals surface area contributed by atoms with Crippen molar-refractivity contribution in [3.05, 3.63) is 59.9 Å². The van der Waals surface area contributed by atoms with Gasteiger partial charge in [0.05, 0.1) is 31.2 Å². The number of nitrogen functional groups attached to an aromatic ring is 1. The van der Waals surface area contributed by atoms with Crippen molar-refractivity contribution in [2.75, 3.05) is 36.9 Å². The molecule has 0 spiro atoms. The highest BCUT2D eigenvalue weighted by Gasteiger charge is 2.17. The summed E-state index contributed by atoms with van der Waals surface area (Å²) < 4.78 is 19.0. The third-order valence-corrected chi connectivity index (χ3v) is 4.71. The third kappa shape index (κ3) is 3.81. The van der Waals surface area contributed by atoms with E-state index < -0.39 is 5.82 Å². The molecule has 2 aromatic carbocycles. The van der Waals surface area contributed by atoms with Crippen molar-refractivity contribution in [3.8, 4) is 22.6 Å². The number of morpholine rings is 1. The number of ether oxygens (including phenoxy) is 1. The summed E-state index contributed by atoms with van der Waals surface area (Å²) in [6, 6.07) is 13.9. The van der Waals surface area contributed by atoms with E-state index in [2.05, 4.69) is 9.88 Å². The Morgan fingerprint density at radius 3 is 2.61 bits per heavy atom. The van der Waals surface area contributed by atoms with Crippen molar-refractivity contribution in [1.29, 1.82) is 0 Å². The number of hydrogen-bond donors (Lipinski definition) is 2. The maximum Gasteiger partial charge on any atom is 0.162 e. The van der Waals surface area contributed by atoms with Crippen LogP contribution in [-0.4, -0.2) is 41.4 Å². The summed E-state index contributed by atoms with van der Waals surface area (Å²) in [7, 11) is 0. The van der Waals surface area contributed by atoms with Crippen molar-refractivity contribution < 1.29 is 14.2 Å². The fourth-order valence-corrected chi connectivity index (χ4v) is 3.18. The first-order valence-electron chi connectivity index (χ1n) is 9.11. The molecule has 0 atom stereocenters. The maximum atomic E-state index is 13.6. The van der Waals surface area contributed by atoms with Crippen LogP contribution in [0.1, 0.15) is 5.56 Å². The predicted molar refractivity (Wildman–Crippen MR) is 106 cm³/mol. The van der Waals surface area contributed by atoms with E-state index in [4.69, 9.17) is 15.5 Å². The number of aromatic nitrogens is 2. The molecule has 1 aliphatic rings. The Hall–Kier alpha value is -3.03. The van der Waals surface area contributed by atoms with Crippen LogP contribution in [0.25, 0.3) is 22.6 Å². The van der Waals surface area contributed by atoms with Crippen molar-refractivity contribution in [1.82, 2.24) is 9.97 Å². The van der Waals surface area contributed by atoms with Gasteiger partial charge < -0.3 is 20.5 Å². The van der Waals surface area contributed by atoms with Gasteiger partial charge >= 0.3 is 0 Å². The van der Waals surface area contributed by atoms with Crippen LogP contribution in [0.5, 0.6) is 0 Å². The molecule has 3 aromatic rings. The lowest BCUT2D eigenvalue weighted by molar-refractivity contribution is 0.122. The number of aliphatic hydroxyl groups excluding tert-OH is 1. The first-order valence-corrected chi connectivity index (χ1v) is 9.11. The SMILES string of the molecule is Nc1cc(-c2cc(N3CCOCC3)nc(-c3cccc(CO)c3)n2)ccc1F. The van der Waals surface area contributed by atoms with Crippen LogP contribution in [0.2, 0.25) is 0 Å². The molecule has 0 saturated carbocycles. The summed E-state index contributed by atoms with van der Waals surface area (Å²) >= 11 is 0. The van der Waals surface area contributed by atoms with Gasteiger partial charge in [-0.2, -0.15) is 0 Å². The molecule has 0 radical (unpaired) electrons. The maximum absolute atomic E-state index is 13.6. The molecule has 144 valence electrons. The lowest BCUT2D eigenvalue weighted by Gasteiger charge is -2.28. The molecule has 0 bridgehead atoms. The molecule has 1 aliphatic heterocycles. The Bertz CT molecular complexity index is 990. The molecule has 0 unspecified atom stereocenters. The number of halogens is 1. The molecule has 6 nitrogen and oxygen atoms in total. The second-order valence-electron chi connectivity index (χ2n) is 6.63. The smallest absolute Gasteiger partial charge is 0.162 e. The molecule has 0 aliphatic carbocycles. The first-order chi connectivity index (χ1) is 13.6. The molecule has 1 fully saturated rings. The number of anilines is 2. The summed E-state index contributed by atoms with van der Waals surface area (Å²) in [5, 5.41) is 9.44. The number of nitrogens with zero attached hydrogens (tertiary/aromatic N) is 3. The van der Waals surface area contributed by atoms with Crippen LogP contribution >= 0.6 is 0 Å². The molecular weight excluding hydrogens is 359 g/mol. The van der Waals surface area contributed by atoms with Crippen molar-refractivity contribution in [2.45, 2.75) is 6.61 Å². The topological polar surface area (TPSA) is 84.5 Å². The van der Waals surface area contributed by atoms with Gasteiger partial charge in [-0.25, -0.2) is 14.4 Å². The highest BCUT2D eigenvalue weighted by molar-refractivity contribution is 5.70. The summed E-state index contributed by atoms with van der Waals surface area (Å²) in [5.74, 6) is 0.861. The van der Waals surface area contributed by atoms with E-state index in [-0.39, 0.29) is 12.3 Å². The largest absolute Gasteiger partial charge is 0.396 e. The van der Waals surface area contributed by atoms with Gasteiger partial charge in [0.1, 0.15) is 11.6 Å². The zero-order valence-electron chi connectivity index (χ0n) is 15.3. The molecule has 0 amide bonds. The molecule has 1 aromatic heterocycles. The van der Waals surface area contributed by atoms with Gasteiger partial charge in [0, 0.05) is 30.3 Å². The van der Waals surface area contributed by atoms with E-state index in [9.17, 15) is 9.50 Å². The molecule has 28 heavy (non-hydrogen) atoms. The second kappa shape index (κ2) is 7.92. The van der Waals surface area contributed by atoms with Gasteiger partial charge in [-0.05, 0) is 29.8 Å². The second-order valence-corrected chi connectivity index (χ2v) is 6.63. The number of aliphatic hydroxyl groups is 1. The zero-order valence-corrected chi connectivity index (χ0v) is 15.3. The molecular formula is C21H21FN4O2. The summed E-state index contributed by atoms with van der Waals surface area (Å²) in [4.78, 5) is 11.6. The highest BCUT2D eigenvalue weighted by atomic mass is 19.1. The first kappa shape index (κ1) is 18.3. The minimum absolute atomic E-state index is 0.0572. The van der Waals surface area contributed by atoms with E-state index >= 15 is 0 Å². The van der Waals surface area contributed by atoms with Crippen LogP contribution in [0, 0.1) is 5.82 Å². The van der Waals surface area contributed by atoms with E-state index in [1.54, 1.807) is 12.1 Å². The zero-order chi connectivity index (χ0) is 19.5. The molecule has 4 rings (SSSR count). The minimum atomic E-state index is -0.456.